The maximum absolute atomic E-state index is 14.2. The number of aromatic nitrogens is 2. The molecular formula is C56H32N2O. The van der Waals surface area contributed by atoms with Crippen molar-refractivity contribution in [1.82, 2.24) is 8.97 Å². The van der Waals surface area contributed by atoms with E-state index in [1.54, 1.807) is 0 Å². The lowest BCUT2D eigenvalue weighted by molar-refractivity contribution is 0.794. The number of pyridine rings is 1. The maximum Gasteiger partial charge on any atom is 0.263 e. The second-order valence-corrected chi connectivity index (χ2v) is 16.3. The molecule has 1 spiro atoms. The van der Waals surface area contributed by atoms with E-state index in [0.29, 0.717) is 0 Å². The molecule has 0 N–H and O–H groups in total. The first-order valence-corrected chi connectivity index (χ1v) is 20.4. The van der Waals surface area contributed by atoms with E-state index in [4.69, 9.17) is 0 Å². The predicted octanol–water partition coefficient (Wildman–Crippen LogP) is 13.3. The van der Waals surface area contributed by atoms with Crippen molar-refractivity contribution in [2.45, 2.75) is 5.41 Å². The molecule has 0 bridgehead atoms. The summed E-state index contributed by atoms with van der Waals surface area (Å²) in [5, 5.41) is 7.48. The Bertz CT molecular complexity index is 3840. The second-order valence-electron chi connectivity index (χ2n) is 16.3. The van der Waals surface area contributed by atoms with E-state index in [1.807, 2.05) is 22.6 Å². The number of rotatable bonds is 2. The summed E-state index contributed by atoms with van der Waals surface area (Å²) in [5.74, 6) is 0. The molecule has 12 aromatic rings. The molecule has 59 heavy (non-hydrogen) atoms. The molecule has 3 aromatic heterocycles. The molecule has 0 amide bonds. The lowest BCUT2D eigenvalue weighted by Crippen LogP contribution is -2.25. The quantitative estimate of drug-likeness (QED) is 0.162. The van der Waals surface area contributed by atoms with Gasteiger partial charge < -0.3 is 4.57 Å². The molecule has 2 aliphatic rings. The number of hydrogen-bond acceptors (Lipinski definition) is 1. The average molecular weight is 749 g/mol. The Balaban J connectivity index is 1.04. The largest absolute Gasteiger partial charge is 0.309 e. The molecule has 3 heteroatoms. The molecule has 0 fully saturated rings. The first kappa shape index (κ1) is 31.3. The summed E-state index contributed by atoms with van der Waals surface area (Å²) < 4.78 is 4.41. The molecule has 0 aliphatic heterocycles. The Hall–Kier alpha value is -7.75. The van der Waals surface area contributed by atoms with Gasteiger partial charge in [-0.1, -0.05) is 158 Å². The third kappa shape index (κ3) is 3.72. The van der Waals surface area contributed by atoms with Gasteiger partial charge in [0.25, 0.3) is 5.56 Å². The van der Waals surface area contributed by atoms with Crippen molar-refractivity contribution in [3.05, 3.63) is 227 Å². The fraction of sp³-hybridized carbons (Fsp3) is 0.0179. The minimum Gasteiger partial charge on any atom is -0.309 e. The zero-order valence-corrected chi connectivity index (χ0v) is 31.8. The van der Waals surface area contributed by atoms with Gasteiger partial charge in [0.1, 0.15) is 0 Å². The van der Waals surface area contributed by atoms with Crippen molar-refractivity contribution >= 4 is 59.8 Å². The molecular weight excluding hydrogens is 717 g/mol. The van der Waals surface area contributed by atoms with Crippen LogP contribution in [0, 0.1) is 0 Å². The molecule has 0 unspecified atom stereocenters. The molecule has 0 radical (unpaired) electrons. The van der Waals surface area contributed by atoms with Crippen LogP contribution in [0.2, 0.25) is 0 Å². The summed E-state index contributed by atoms with van der Waals surface area (Å²) in [6.45, 7) is 0. The van der Waals surface area contributed by atoms with Crippen LogP contribution >= 0.6 is 0 Å². The summed E-state index contributed by atoms with van der Waals surface area (Å²) >= 11 is 0. The van der Waals surface area contributed by atoms with Crippen molar-refractivity contribution in [1.29, 1.82) is 0 Å². The van der Waals surface area contributed by atoms with Crippen LogP contribution in [0.5, 0.6) is 0 Å². The summed E-state index contributed by atoms with van der Waals surface area (Å²) in [4.78, 5) is 14.2. The number of fused-ring (bicyclic) bond motifs is 19. The Morgan fingerprint density at radius 1 is 0.356 bits per heavy atom. The highest BCUT2D eigenvalue weighted by molar-refractivity contribution is 6.21. The fourth-order valence-corrected chi connectivity index (χ4v) is 11.4. The molecule has 0 saturated heterocycles. The van der Waals surface area contributed by atoms with E-state index < -0.39 is 5.41 Å². The number of hydrogen-bond donors (Lipinski definition) is 0. The van der Waals surface area contributed by atoms with Crippen LogP contribution < -0.4 is 5.56 Å². The Labute approximate surface area is 338 Å². The van der Waals surface area contributed by atoms with Gasteiger partial charge in [0.15, 0.2) is 0 Å². The van der Waals surface area contributed by atoms with E-state index in [-0.39, 0.29) is 5.56 Å². The fourth-order valence-electron chi connectivity index (χ4n) is 11.4. The van der Waals surface area contributed by atoms with Crippen LogP contribution in [0.3, 0.4) is 0 Å². The molecule has 14 rings (SSSR count). The number of nitrogens with zero attached hydrogens (tertiary/aromatic N) is 2. The van der Waals surface area contributed by atoms with Crippen molar-refractivity contribution < 1.29 is 0 Å². The normalized spacial score (nSPS) is 13.6. The Kier molecular flexibility index (Phi) is 5.85. The smallest absolute Gasteiger partial charge is 0.263 e. The van der Waals surface area contributed by atoms with Crippen LogP contribution in [0.15, 0.2) is 199 Å². The monoisotopic (exact) mass is 748 g/mol. The van der Waals surface area contributed by atoms with E-state index in [2.05, 4.69) is 180 Å². The van der Waals surface area contributed by atoms with Gasteiger partial charge in [-0.2, -0.15) is 0 Å². The van der Waals surface area contributed by atoms with Crippen molar-refractivity contribution in [3.8, 4) is 39.1 Å². The average Bonchev–Trinajstić information content (AvgIpc) is 4.01. The van der Waals surface area contributed by atoms with Gasteiger partial charge in [0.05, 0.1) is 27.5 Å². The zero-order chi connectivity index (χ0) is 38.6. The number of para-hydroxylation sites is 3. The van der Waals surface area contributed by atoms with Crippen LogP contribution in [0.1, 0.15) is 22.3 Å². The lowest BCUT2D eigenvalue weighted by Gasteiger charge is -2.30. The number of benzene rings is 9. The van der Waals surface area contributed by atoms with Gasteiger partial charge in [-0.15, -0.1) is 0 Å². The molecule has 3 heterocycles. The highest BCUT2D eigenvalue weighted by atomic mass is 16.1. The molecule has 2 aliphatic carbocycles. The second kappa shape index (κ2) is 11.0. The van der Waals surface area contributed by atoms with Gasteiger partial charge >= 0.3 is 0 Å². The molecule has 272 valence electrons. The van der Waals surface area contributed by atoms with Crippen LogP contribution in [-0.2, 0) is 5.41 Å². The molecule has 9 aromatic carbocycles. The van der Waals surface area contributed by atoms with Crippen LogP contribution in [-0.4, -0.2) is 8.97 Å². The lowest BCUT2D eigenvalue weighted by atomic mass is 9.70. The standard InChI is InChI=1S/C56H32N2O/c59-55-43-28-27-34(32-45(43)41-21-12-20-40-38-17-5-10-26-51(38)58(55)53(40)41)33-13-11-14-35(31-33)57-50-25-9-4-18-39(50)42-29-30-49-52(54(42)57)44-19-3-8-24-48(44)56(49)46-22-6-1-15-36(46)37-16-2-7-23-47(37)56/h1-32H. The third-order valence-corrected chi connectivity index (χ3v) is 13.7. The summed E-state index contributed by atoms with van der Waals surface area (Å²) in [6.07, 6.45) is 0. The highest BCUT2D eigenvalue weighted by Crippen LogP contribution is 2.64. The minimum absolute atomic E-state index is 0.0231. The van der Waals surface area contributed by atoms with Gasteiger partial charge in [0, 0.05) is 43.6 Å². The summed E-state index contributed by atoms with van der Waals surface area (Å²) in [6, 6.07) is 70.7. The summed E-state index contributed by atoms with van der Waals surface area (Å²) in [7, 11) is 0. The van der Waals surface area contributed by atoms with E-state index in [9.17, 15) is 4.79 Å². The first-order chi connectivity index (χ1) is 29.2. The molecule has 3 nitrogen and oxygen atoms in total. The molecule has 0 saturated carbocycles. The van der Waals surface area contributed by atoms with Gasteiger partial charge in [-0.25, -0.2) is 0 Å². The van der Waals surface area contributed by atoms with Gasteiger partial charge in [0.2, 0.25) is 0 Å². The van der Waals surface area contributed by atoms with Crippen molar-refractivity contribution in [2.75, 3.05) is 0 Å². The van der Waals surface area contributed by atoms with E-state index >= 15 is 0 Å². The van der Waals surface area contributed by atoms with Gasteiger partial charge in [-0.3, -0.25) is 9.20 Å². The van der Waals surface area contributed by atoms with E-state index in [0.717, 1.165) is 54.8 Å². The predicted molar refractivity (Wildman–Crippen MR) is 243 cm³/mol. The highest BCUT2D eigenvalue weighted by Gasteiger charge is 2.52. The topological polar surface area (TPSA) is 26.4 Å². The Morgan fingerprint density at radius 2 is 0.898 bits per heavy atom. The first-order valence-electron chi connectivity index (χ1n) is 20.4. The SMILES string of the molecule is O=c1c2ccc(-c3cccc(-n4c5ccccc5c5ccc6c(c54)-c4ccccc4C64c5ccccc5-c5ccccc54)c3)cc2c2cccc3c4ccccc4n1c23. The van der Waals surface area contributed by atoms with Gasteiger partial charge in [-0.05, 0) is 91.9 Å². The van der Waals surface area contributed by atoms with Crippen molar-refractivity contribution in [3.63, 3.8) is 0 Å². The molecule has 0 atom stereocenters. The zero-order valence-electron chi connectivity index (χ0n) is 31.8. The van der Waals surface area contributed by atoms with E-state index in [1.165, 1.54) is 66.3 Å². The van der Waals surface area contributed by atoms with Crippen LogP contribution in [0.25, 0.3) is 98.8 Å². The van der Waals surface area contributed by atoms with Crippen LogP contribution in [0.4, 0.5) is 0 Å². The third-order valence-electron chi connectivity index (χ3n) is 13.7. The maximum atomic E-state index is 14.2. The Morgan fingerprint density at radius 3 is 1.66 bits per heavy atom. The summed E-state index contributed by atoms with van der Waals surface area (Å²) in [5.41, 5.74) is 17.8. The van der Waals surface area contributed by atoms with Crippen molar-refractivity contribution in [2.24, 2.45) is 0 Å². The minimum atomic E-state index is -0.425.